The van der Waals surface area contributed by atoms with Crippen LogP contribution in [0.2, 0.25) is 0 Å². The van der Waals surface area contributed by atoms with Gasteiger partial charge in [0.1, 0.15) is 0 Å². The largest absolute Gasteiger partial charge is 0.323 e. The zero-order valence-electron chi connectivity index (χ0n) is 12.4. The van der Waals surface area contributed by atoms with Gasteiger partial charge in [-0.25, -0.2) is 8.78 Å². The van der Waals surface area contributed by atoms with E-state index in [4.69, 9.17) is 5.73 Å². The molecule has 3 rings (SSSR count). The van der Waals surface area contributed by atoms with Crippen molar-refractivity contribution in [1.29, 1.82) is 0 Å². The molecule has 2 nitrogen and oxygen atoms in total. The second-order valence-corrected chi connectivity index (χ2v) is 6.53. The standard InChI is InChI=1S/C17H24F2N2/c18-14-8-7-13(10-15(14)19)16(20)11-21-9-3-5-12-4-1-2-6-17(12)21/h7-8,10,12,16-17H,1-6,9,11,20H2/t12-,16?,17-/m1/s1. The second-order valence-electron chi connectivity index (χ2n) is 6.53. The lowest BCUT2D eigenvalue weighted by Crippen LogP contribution is -2.49. The van der Waals surface area contributed by atoms with E-state index in [1.165, 1.54) is 50.7 Å². The van der Waals surface area contributed by atoms with Gasteiger partial charge >= 0.3 is 0 Å². The fourth-order valence-corrected chi connectivity index (χ4v) is 4.06. The van der Waals surface area contributed by atoms with E-state index in [9.17, 15) is 8.78 Å². The highest BCUT2D eigenvalue weighted by Crippen LogP contribution is 2.35. The molecule has 1 aromatic carbocycles. The number of nitrogens with two attached hydrogens (primary N) is 1. The summed E-state index contributed by atoms with van der Waals surface area (Å²) < 4.78 is 26.4. The maximum Gasteiger partial charge on any atom is 0.159 e. The summed E-state index contributed by atoms with van der Waals surface area (Å²) in [4.78, 5) is 2.49. The lowest BCUT2D eigenvalue weighted by Gasteiger charge is -2.45. The number of rotatable bonds is 3. The first-order chi connectivity index (χ1) is 10.1. The van der Waals surface area contributed by atoms with Crippen molar-refractivity contribution in [2.24, 2.45) is 11.7 Å². The number of piperidine rings is 1. The molecule has 1 aliphatic heterocycles. The van der Waals surface area contributed by atoms with Crippen molar-refractivity contribution in [2.75, 3.05) is 13.1 Å². The van der Waals surface area contributed by atoms with Crippen molar-refractivity contribution in [3.63, 3.8) is 0 Å². The molecule has 0 radical (unpaired) electrons. The van der Waals surface area contributed by atoms with Gasteiger partial charge in [0, 0.05) is 18.6 Å². The Morgan fingerprint density at radius 1 is 1.10 bits per heavy atom. The van der Waals surface area contributed by atoms with Gasteiger partial charge in [-0.2, -0.15) is 0 Å². The Kier molecular flexibility index (Phi) is 4.55. The van der Waals surface area contributed by atoms with Gasteiger partial charge in [-0.1, -0.05) is 18.9 Å². The highest BCUT2D eigenvalue weighted by molar-refractivity contribution is 5.21. The quantitative estimate of drug-likeness (QED) is 0.922. The van der Waals surface area contributed by atoms with Crippen LogP contribution in [0.5, 0.6) is 0 Å². The summed E-state index contributed by atoms with van der Waals surface area (Å²) in [7, 11) is 0. The molecule has 2 fully saturated rings. The molecule has 1 saturated carbocycles. The van der Waals surface area contributed by atoms with Gasteiger partial charge in [0.25, 0.3) is 0 Å². The van der Waals surface area contributed by atoms with E-state index in [1.807, 2.05) is 0 Å². The Hall–Kier alpha value is -1.00. The minimum absolute atomic E-state index is 0.249. The lowest BCUT2D eigenvalue weighted by molar-refractivity contribution is 0.0561. The smallest absolute Gasteiger partial charge is 0.159 e. The van der Waals surface area contributed by atoms with Crippen LogP contribution in [0.15, 0.2) is 18.2 Å². The third-order valence-electron chi connectivity index (χ3n) is 5.16. The first-order valence-corrected chi connectivity index (χ1v) is 8.09. The van der Waals surface area contributed by atoms with Gasteiger partial charge in [-0.3, -0.25) is 4.90 Å². The number of hydrogen-bond acceptors (Lipinski definition) is 2. The number of halogens is 2. The van der Waals surface area contributed by atoms with E-state index in [1.54, 1.807) is 6.07 Å². The van der Waals surface area contributed by atoms with E-state index in [0.29, 0.717) is 11.6 Å². The molecule has 0 amide bonds. The van der Waals surface area contributed by atoms with Gasteiger partial charge in [0.2, 0.25) is 0 Å². The maximum absolute atomic E-state index is 13.3. The van der Waals surface area contributed by atoms with Gasteiger partial charge in [-0.05, 0) is 55.8 Å². The van der Waals surface area contributed by atoms with E-state index in [-0.39, 0.29) is 6.04 Å². The third-order valence-corrected chi connectivity index (χ3v) is 5.16. The first kappa shape index (κ1) is 14.9. The van der Waals surface area contributed by atoms with Crippen LogP contribution in [0.25, 0.3) is 0 Å². The molecule has 0 bridgehead atoms. The fourth-order valence-electron chi connectivity index (χ4n) is 4.06. The second kappa shape index (κ2) is 6.41. The predicted molar refractivity (Wildman–Crippen MR) is 79.8 cm³/mol. The lowest BCUT2D eigenvalue weighted by atomic mass is 9.78. The minimum Gasteiger partial charge on any atom is -0.323 e. The number of benzene rings is 1. The Bertz CT molecular complexity index is 490. The van der Waals surface area contributed by atoms with E-state index < -0.39 is 11.6 Å². The summed E-state index contributed by atoms with van der Waals surface area (Å²) in [6, 6.07) is 4.40. The van der Waals surface area contributed by atoms with Crippen molar-refractivity contribution in [3.8, 4) is 0 Å². The molecule has 1 unspecified atom stereocenters. The molecule has 2 N–H and O–H groups in total. The summed E-state index contributed by atoms with van der Waals surface area (Å²) in [5.41, 5.74) is 6.92. The van der Waals surface area contributed by atoms with Crippen molar-refractivity contribution < 1.29 is 8.78 Å². The minimum atomic E-state index is -0.809. The monoisotopic (exact) mass is 294 g/mol. The highest BCUT2D eigenvalue weighted by Gasteiger charge is 2.33. The Morgan fingerprint density at radius 3 is 2.67 bits per heavy atom. The van der Waals surface area contributed by atoms with Crippen molar-refractivity contribution in [2.45, 2.75) is 50.6 Å². The van der Waals surface area contributed by atoms with Crippen molar-refractivity contribution in [3.05, 3.63) is 35.4 Å². The van der Waals surface area contributed by atoms with Crippen LogP contribution in [0.1, 0.15) is 50.1 Å². The third kappa shape index (κ3) is 3.27. The number of fused-ring (bicyclic) bond motifs is 1. The summed E-state index contributed by atoms with van der Waals surface area (Å²) in [5.74, 6) is -0.807. The summed E-state index contributed by atoms with van der Waals surface area (Å²) >= 11 is 0. The normalized spacial score (nSPS) is 28.1. The fraction of sp³-hybridized carbons (Fsp3) is 0.647. The van der Waals surface area contributed by atoms with Gasteiger partial charge in [0.05, 0.1) is 0 Å². The van der Waals surface area contributed by atoms with Crippen LogP contribution in [0.4, 0.5) is 8.78 Å². The van der Waals surface area contributed by atoms with Crippen molar-refractivity contribution in [1.82, 2.24) is 4.90 Å². The molecule has 1 aromatic rings. The number of likely N-dealkylation sites (tertiary alicyclic amines) is 1. The molecule has 1 heterocycles. The maximum atomic E-state index is 13.3. The average Bonchev–Trinajstić information content (AvgIpc) is 2.50. The predicted octanol–water partition coefficient (Wildman–Crippen LogP) is 3.62. The molecular formula is C17H24F2N2. The van der Waals surface area contributed by atoms with Crippen molar-refractivity contribution >= 4 is 0 Å². The molecule has 0 spiro atoms. The van der Waals surface area contributed by atoms with Crippen LogP contribution in [0, 0.1) is 17.6 Å². The molecule has 4 heteroatoms. The molecule has 1 saturated heterocycles. The molecule has 3 atom stereocenters. The number of hydrogen-bond donors (Lipinski definition) is 1. The van der Waals surface area contributed by atoms with Gasteiger partial charge in [0.15, 0.2) is 11.6 Å². The molecule has 116 valence electrons. The van der Waals surface area contributed by atoms with Crippen LogP contribution < -0.4 is 5.73 Å². The zero-order valence-corrected chi connectivity index (χ0v) is 12.4. The summed E-state index contributed by atoms with van der Waals surface area (Å²) in [5, 5.41) is 0. The average molecular weight is 294 g/mol. The SMILES string of the molecule is NC(CN1CCC[C@H]2CCCC[C@H]21)c1ccc(F)c(F)c1. The van der Waals surface area contributed by atoms with Crippen LogP contribution in [-0.4, -0.2) is 24.0 Å². The summed E-state index contributed by atoms with van der Waals surface area (Å²) in [6.07, 6.45) is 7.81. The Balaban J connectivity index is 1.68. The topological polar surface area (TPSA) is 29.3 Å². The van der Waals surface area contributed by atoms with E-state index in [2.05, 4.69) is 4.90 Å². The van der Waals surface area contributed by atoms with Crippen LogP contribution in [0.3, 0.4) is 0 Å². The zero-order chi connectivity index (χ0) is 14.8. The van der Waals surface area contributed by atoms with Gasteiger partial charge in [-0.15, -0.1) is 0 Å². The molecule has 21 heavy (non-hydrogen) atoms. The molecule has 2 aliphatic rings. The molecule has 0 aromatic heterocycles. The van der Waals surface area contributed by atoms with E-state index in [0.717, 1.165) is 19.0 Å². The Labute approximate surface area is 125 Å². The van der Waals surface area contributed by atoms with Crippen LogP contribution >= 0.6 is 0 Å². The first-order valence-electron chi connectivity index (χ1n) is 8.09. The molecular weight excluding hydrogens is 270 g/mol. The highest BCUT2D eigenvalue weighted by atomic mass is 19.2. The van der Waals surface area contributed by atoms with Crippen LogP contribution in [-0.2, 0) is 0 Å². The van der Waals surface area contributed by atoms with E-state index >= 15 is 0 Å². The van der Waals surface area contributed by atoms with Gasteiger partial charge < -0.3 is 5.73 Å². The molecule has 1 aliphatic carbocycles. The number of nitrogens with zero attached hydrogens (tertiary/aromatic N) is 1. The summed E-state index contributed by atoms with van der Waals surface area (Å²) in [6.45, 7) is 1.82. The Morgan fingerprint density at radius 2 is 1.86 bits per heavy atom.